The van der Waals surface area contributed by atoms with Crippen LogP contribution in [0.15, 0.2) is 18.2 Å². The molecule has 1 aromatic rings. The first-order chi connectivity index (χ1) is 8.56. The number of aryl methyl sites for hydroxylation is 1. The lowest BCUT2D eigenvalue weighted by Crippen LogP contribution is -2.28. The number of hydrogen-bond donors (Lipinski definition) is 2. The molecule has 0 radical (unpaired) electrons. The molecule has 0 aromatic heterocycles. The van der Waals surface area contributed by atoms with Crippen LogP contribution < -0.4 is 11.1 Å². The standard InChI is InChI=1S/C15H22N2O/c1-10(2)17-9-11-3-4-13-8-14(15(16)18)6-5-12(13)7-11/h3-4,7,10,14,17H,5-6,8-9H2,1-2H3,(H2,16,18). The third kappa shape index (κ3) is 3.10. The summed E-state index contributed by atoms with van der Waals surface area (Å²) < 4.78 is 0. The molecule has 1 atom stereocenters. The molecule has 0 bridgehead atoms. The van der Waals surface area contributed by atoms with Crippen molar-refractivity contribution < 1.29 is 4.79 Å². The fourth-order valence-corrected chi connectivity index (χ4v) is 2.48. The monoisotopic (exact) mass is 246 g/mol. The van der Waals surface area contributed by atoms with Crippen molar-refractivity contribution in [3.8, 4) is 0 Å². The number of amides is 1. The fraction of sp³-hybridized carbons (Fsp3) is 0.533. The predicted molar refractivity (Wildman–Crippen MR) is 73.1 cm³/mol. The van der Waals surface area contributed by atoms with Gasteiger partial charge in [-0.3, -0.25) is 4.79 Å². The maximum atomic E-state index is 11.2. The SMILES string of the molecule is CC(C)NCc1ccc2c(c1)CCC(C(N)=O)C2. The molecular weight excluding hydrogens is 224 g/mol. The molecule has 3 nitrogen and oxygen atoms in total. The molecular formula is C15H22N2O. The highest BCUT2D eigenvalue weighted by Crippen LogP contribution is 2.26. The van der Waals surface area contributed by atoms with E-state index in [2.05, 4.69) is 37.4 Å². The highest BCUT2D eigenvalue weighted by Gasteiger charge is 2.22. The summed E-state index contributed by atoms with van der Waals surface area (Å²) in [5.41, 5.74) is 9.38. The van der Waals surface area contributed by atoms with Crippen LogP contribution >= 0.6 is 0 Å². The Morgan fingerprint density at radius 2 is 2.22 bits per heavy atom. The maximum absolute atomic E-state index is 11.2. The van der Waals surface area contributed by atoms with Gasteiger partial charge in [0.1, 0.15) is 0 Å². The van der Waals surface area contributed by atoms with Crippen molar-refractivity contribution >= 4 is 5.91 Å². The van der Waals surface area contributed by atoms with Crippen LogP contribution in [-0.4, -0.2) is 11.9 Å². The summed E-state index contributed by atoms with van der Waals surface area (Å²) in [5, 5.41) is 3.42. The zero-order valence-corrected chi connectivity index (χ0v) is 11.2. The first-order valence-electron chi connectivity index (χ1n) is 6.69. The molecule has 3 N–H and O–H groups in total. The smallest absolute Gasteiger partial charge is 0.220 e. The highest BCUT2D eigenvalue weighted by atomic mass is 16.1. The Morgan fingerprint density at radius 1 is 1.44 bits per heavy atom. The van der Waals surface area contributed by atoms with Gasteiger partial charge in [-0.1, -0.05) is 32.0 Å². The van der Waals surface area contributed by atoms with Crippen LogP contribution in [0.25, 0.3) is 0 Å². The number of primary amides is 1. The second kappa shape index (κ2) is 5.53. The van der Waals surface area contributed by atoms with Gasteiger partial charge in [0.05, 0.1) is 0 Å². The van der Waals surface area contributed by atoms with Crippen LogP contribution in [0.5, 0.6) is 0 Å². The zero-order valence-electron chi connectivity index (χ0n) is 11.2. The molecule has 0 heterocycles. The summed E-state index contributed by atoms with van der Waals surface area (Å²) >= 11 is 0. The fourth-order valence-electron chi connectivity index (χ4n) is 2.48. The topological polar surface area (TPSA) is 55.1 Å². The minimum Gasteiger partial charge on any atom is -0.369 e. The summed E-state index contributed by atoms with van der Waals surface area (Å²) in [6.07, 6.45) is 2.67. The van der Waals surface area contributed by atoms with Gasteiger partial charge >= 0.3 is 0 Å². The zero-order chi connectivity index (χ0) is 13.1. The Bertz CT molecular complexity index is 440. The van der Waals surface area contributed by atoms with Gasteiger partial charge in [-0.2, -0.15) is 0 Å². The molecule has 18 heavy (non-hydrogen) atoms. The number of benzene rings is 1. The number of carbonyl (C=O) groups is 1. The van der Waals surface area contributed by atoms with E-state index in [0.29, 0.717) is 6.04 Å². The number of nitrogens with two attached hydrogens (primary N) is 1. The Labute approximate surface area is 109 Å². The van der Waals surface area contributed by atoms with Gasteiger partial charge in [-0.15, -0.1) is 0 Å². The first-order valence-corrected chi connectivity index (χ1v) is 6.69. The van der Waals surface area contributed by atoms with E-state index in [0.717, 1.165) is 25.8 Å². The van der Waals surface area contributed by atoms with Gasteiger partial charge in [0.15, 0.2) is 0 Å². The molecule has 1 unspecified atom stereocenters. The van der Waals surface area contributed by atoms with E-state index in [1.54, 1.807) is 0 Å². The molecule has 3 heteroatoms. The van der Waals surface area contributed by atoms with Crippen molar-refractivity contribution in [3.63, 3.8) is 0 Å². The Balaban J connectivity index is 2.07. The van der Waals surface area contributed by atoms with E-state index in [1.165, 1.54) is 16.7 Å². The Hall–Kier alpha value is -1.35. The van der Waals surface area contributed by atoms with Gasteiger partial charge in [0.25, 0.3) is 0 Å². The van der Waals surface area contributed by atoms with E-state index in [9.17, 15) is 4.79 Å². The molecule has 0 saturated heterocycles. The summed E-state index contributed by atoms with van der Waals surface area (Å²) in [5.74, 6) is -0.136. The molecule has 1 aliphatic rings. The van der Waals surface area contributed by atoms with Crippen molar-refractivity contribution in [2.45, 2.75) is 45.7 Å². The van der Waals surface area contributed by atoms with E-state index in [1.807, 2.05) is 0 Å². The predicted octanol–water partition coefficient (Wildman–Crippen LogP) is 1.77. The third-order valence-electron chi connectivity index (χ3n) is 3.62. The van der Waals surface area contributed by atoms with Crippen LogP contribution in [-0.2, 0) is 24.2 Å². The summed E-state index contributed by atoms with van der Waals surface area (Å²) in [4.78, 5) is 11.2. The summed E-state index contributed by atoms with van der Waals surface area (Å²) in [6.45, 7) is 5.20. The van der Waals surface area contributed by atoms with Crippen LogP contribution in [0.1, 0.15) is 37.0 Å². The van der Waals surface area contributed by atoms with Crippen molar-refractivity contribution in [1.29, 1.82) is 0 Å². The molecule has 2 rings (SSSR count). The average molecular weight is 246 g/mol. The summed E-state index contributed by atoms with van der Waals surface area (Å²) in [7, 11) is 0. The molecule has 1 aromatic carbocycles. The van der Waals surface area contributed by atoms with Crippen LogP contribution in [0.2, 0.25) is 0 Å². The average Bonchev–Trinajstić information content (AvgIpc) is 2.35. The van der Waals surface area contributed by atoms with Crippen molar-refractivity contribution in [3.05, 3.63) is 34.9 Å². The van der Waals surface area contributed by atoms with E-state index >= 15 is 0 Å². The highest BCUT2D eigenvalue weighted by molar-refractivity contribution is 5.77. The molecule has 98 valence electrons. The van der Waals surface area contributed by atoms with Gasteiger partial charge in [-0.05, 0) is 36.0 Å². The Morgan fingerprint density at radius 3 is 2.89 bits per heavy atom. The first kappa shape index (κ1) is 13.1. The van der Waals surface area contributed by atoms with E-state index in [4.69, 9.17) is 5.73 Å². The molecule has 1 aliphatic carbocycles. The molecule has 0 aliphatic heterocycles. The number of hydrogen-bond acceptors (Lipinski definition) is 2. The second-order valence-electron chi connectivity index (χ2n) is 5.48. The number of nitrogens with one attached hydrogen (secondary N) is 1. The minimum absolute atomic E-state index is 0.0251. The van der Waals surface area contributed by atoms with Gasteiger partial charge in [0.2, 0.25) is 5.91 Å². The minimum atomic E-state index is -0.161. The van der Waals surface area contributed by atoms with Crippen LogP contribution in [0.3, 0.4) is 0 Å². The van der Waals surface area contributed by atoms with Crippen LogP contribution in [0.4, 0.5) is 0 Å². The molecule has 0 fully saturated rings. The molecule has 0 spiro atoms. The normalized spacial score (nSPS) is 18.7. The number of fused-ring (bicyclic) bond motifs is 1. The second-order valence-corrected chi connectivity index (χ2v) is 5.48. The molecule has 0 saturated carbocycles. The maximum Gasteiger partial charge on any atom is 0.220 e. The summed E-state index contributed by atoms with van der Waals surface area (Å²) in [6, 6.07) is 7.07. The lowest BCUT2D eigenvalue weighted by molar-refractivity contribution is -0.122. The largest absolute Gasteiger partial charge is 0.369 e. The van der Waals surface area contributed by atoms with Gasteiger partial charge < -0.3 is 11.1 Å². The number of carbonyl (C=O) groups excluding carboxylic acids is 1. The van der Waals surface area contributed by atoms with Gasteiger partial charge in [0, 0.05) is 18.5 Å². The lowest BCUT2D eigenvalue weighted by atomic mass is 9.83. The van der Waals surface area contributed by atoms with Gasteiger partial charge in [-0.25, -0.2) is 0 Å². The van der Waals surface area contributed by atoms with Crippen molar-refractivity contribution in [2.24, 2.45) is 11.7 Å². The number of rotatable bonds is 4. The van der Waals surface area contributed by atoms with Crippen molar-refractivity contribution in [2.75, 3.05) is 0 Å². The third-order valence-corrected chi connectivity index (χ3v) is 3.62. The van der Waals surface area contributed by atoms with Crippen molar-refractivity contribution in [1.82, 2.24) is 5.32 Å². The quantitative estimate of drug-likeness (QED) is 0.850. The van der Waals surface area contributed by atoms with Crippen LogP contribution in [0, 0.1) is 5.92 Å². The lowest BCUT2D eigenvalue weighted by Gasteiger charge is -2.23. The Kier molecular flexibility index (Phi) is 4.02. The van der Waals surface area contributed by atoms with E-state index in [-0.39, 0.29) is 11.8 Å². The van der Waals surface area contributed by atoms with E-state index < -0.39 is 0 Å². The molecule has 1 amide bonds.